The molecule has 0 spiro atoms. The van der Waals surface area contributed by atoms with Crippen molar-refractivity contribution in [3.05, 3.63) is 34.9 Å². The van der Waals surface area contributed by atoms with E-state index in [2.05, 4.69) is 25.6 Å². The summed E-state index contributed by atoms with van der Waals surface area (Å²) in [5.41, 5.74) is 0.0764. The van der Waals surface area contributed by atoms with Gasteiger partial charge in [-0.3, -0.25) is 14.5 Å². The van der Waals surface area contributed by atoms with Crippen LogP contribution in [-0.2, 0) is 11.3 Å². The molecule has 21 heavy (non-hydrogen) atoms. The minimum absolute atomic E-state index is 0.107. The topological polar surface area (TPSA) is 119 Å². The maximum absolute atomic E-state index is 12.0. The van der Waals surface area contributed by atoms with Crippen LogP contribution in [0.2, 0.25) is 0 Å². The lowest BCUT2D eigenvalue weighted by molar-refractivity contribution is -0.117. The molecule has 0 bridgehead atoms. The van der Waals surface area contributed by atoms with E-state index < -0.39 is 11.6 Å². The zero-order chi connectivity index (χ0) is 14.8. The number of aromatic nitrogens is 6. The molecule has 108 valence electrons. The third-order valence-corrected chi connectivity index (χ3v) is 2.69. The van der Waals surface area contributed by atoms with Crippen LogP contribution in [-0.4, -0.2) is 42.4 Å². The highest BCUT2D eigenvalue weighted by Crippen LogP contribution is 2.04. The summed E-state index contributed by atoms with van der Waals surface area (Å²) in [7, 11) is 1.41. The van der Waals surface area contributed by atoms with E-state index in [-0.39, 0.29) is 18.5 Å². The molecular weight excluding hydrogens is 278 g/mol. The largest absolute Gasteiger partial charge is 0.466 e. The number of methoxy groups -OCH3 is 1. The number of H-pyrrole nitrogens is 1. The smallest absolute Gasteiger partial charge is 0.350 e. The molecule has 0 aliphatic heterocycles. The van der Waals surface area contributed by atoms with E-state index in [1.54, 1.807) is 24.4 Å². The lowest BCUT2D eigenvalue weighted by atomic mass is 10.5. The maximum atomic E-state index is 12.0. The Morgan fingerprint density at radius 1 is 1.48 bits per heavy atom. The number of pyridine rings is 1. The lowest BCUT2D eigenvalue weighted by Crippen LogP contribution is -2.28. The van der Waals surface area contributed by atoms with Crippen molar-refractivity contribution in [3.8, 4) is 6.01 Å². The number of hydrogen-bond acceptors (Lipinski definition) is 6. The number of hydrogen-bond donors (Lipinski definition) is 2. The number of amides is 1. The maximum Gasteiger partial charge on any atom is 0.350 e. The fourth-order valence-electron chi connectivity index (χ4n) is 1.77. The molecule has 10 heteroatoms. The second-order valence-electron chi connectivity index (χ2n) is 4.09. The number of aromatic amines is 1. The molecule has 1 amide bonds. The van der Waals surface area contributed by atoms with Gasteiger partial charge in [-0.05, 0) is 12.1 Å². The van der Waals surface area contributed by atoms with Crippen molar-refractivity contribution in [2.24, 2.45) is 0 Å². The van der Waals surface area contributed by atoms with E-state index >= 15 is 0 Å². The van der Waals surface area contributed by atoms with Gasteiger partial charge in [0.1, 0.15) is 6.54 Å². The highest BCUT2D eigenvalue weighted by Gasteiger charge is 2.12. The first-order valence-electron chi connectivity index (χ1n) is 5.98. The van der Waals surface area contributed by atoms with Crippen LogP contribution >= 0.6 is 0 Å². The summed E-state index contributed by atoms with van der Waals surface area (Å²) in [6.07, 6.45) is 1.58. The molecule has 3 rings (SSSR count). The summed E-state index contributed by atoms with van der Waals surface area (Å²) < 4.78 is 7.20. The third kappa shape index (κ3) is 2.45. The normalized spacial score (nSPS) is 10.7. The Morgan fingerprint density at radius 2 is 2.33 bits per heavy atom. The fourth-order valence-corrected chi connectivity index (χ4v) is 1.77. The molecule has 0 saturated heterocycles. The van der Waals surface area contributed by atoms with Crippen LogP contribution in [0.5, 0.6) is 6.01 Å². The first kappa shape index (κ1) is 12.8. The average molecular weight is 289 g/mol. The van der Waals surface area contributed by atoms with Gasteiger partial charge in [0.25, 0.3) is 0 Å². The lowest BCUT2D eigenvalue weighted by Gasteiger charge is -1.99. The van der Waals surface area contributed by atoms with E-state index in [1.807, 2.05) is 0 Å². The molecule has 3 aromatic rings. The highest BCUT2D eigenvalue weighted by atomic mass is 16.5. The van der Waals surface area contributed by atoms with Crippen LogP contribution in [0.3, 0.4) is 0 Å². The summed E-state index contributed by atoms with van der Waals surface area (Å²) in [5, 5.41) is 12.7. The molecule has 2 N–H and O–H groups in total. The van der Waals surface area contributed by atoms with Gasteiger partial charge < -0.3 is 4.74 Å². The average Bonchev–Trinajstić information content (AvgIpc) is 3.05. The molecule has 0 aromatic carbocycles. The van der Waals surface area contributed by atoms with Gasteiger partial charge in [0.15, 0.2) is 5.65 Å². The van der Waals surface area contributed by atoms with Gasteiger partial charge in [-0.25, -0.2) is 14.6 Å². The van der Waals surface area contributed by atoms with Crippen molar-refractivity contribution < 1.29 is 9.53 Å². The monoisotopic (exact) mass is 289 g/mol. The molecule has 0 fully saturated rings. The van der Waals surface area contributed by atoms with Gasteiger partial charge >= 0.3 is 11.7 Å². The van der Waals surface area contributed by atoms with Crippen molar-refractivity contribution in [1.29, 1.82) is 0 Å². The van der Waals surface area contributed by atoms with Crippen LogP contribution < -0.4 is 15.7 Å². The number of anilines is 1. The minimum Gasteiger partial charge on any atom is -0.466 e. The van der Waals surface area contributed by atoms with Gasteiger partial charge in [0, 0.05) is 6.20 Å². The van der Waals surface area contributed by atoms with Gasteiger partial charge in [-0.2, -0.15) is 4.98 Å². The Labute approximate surface area is 117 Å². The SMILES string of the molecule is COc1n[nH]c(NC(=O)Cn2nc3ccccn3c2=O)n1. The van der Waals surface area contributed by atoms with E-state index in [9.17, 15) is 9.59 Å². The Hall–Kier alpha value is -3.17. The Kier molecular flexibility index (Phi) is 3.10. The van der Waals surface area contributed by atoms with Crippen molar-refractivity contribution in [2.75, 3.05) is 12.4 Å². The van der Waals surface area contributed by atoms with Crippen LogP contribution in [0.15, 0.2) is 29.2 Å². The molecule has 0 aliphatic rings. The van der Waals surface area contributed by atoms with E-state index in [4.69, 9.17) is 4.74 Å². The second-order valence-corrected chi connectivity index (χ2v) is 4.09. The van der Waals surface area contributed by atoms with Gasteiger partial charge in [0.05, 0.1) is 7.11 Å². The van der Waals surface area contributed by atoms with E-state index in [0.29, 0.717) is 5.65 Å². The quantitative estimate of drug-likeness (QED) is 0.653. The van der Waals surface area contributed by atoms with Crippen LogP contribution in [0.4, 0.5) is 5.95 Å². The number of nitrogens with zero attached hydrogens (tertiary/aromatic N) is 5. The van der Waals surface area contributed by atoms with E-state index in [0.717, 1.165) is 4.68 Å². The van der Waals surface area contributed by atoms with Crippen LogP contribution in [0, 0.1) is 0 Å². The van der Waals surface area contributed by atoms with Crippen LogP contribution in [0.25, 0.3) is 5.65 Å². The van der Waals surface area contributed by atoms with Crippen molar-refractivity contribution in [3.63, 3.8) is 0 Å². The first-order chi connectivity index (χ1) is 10.2. The second kappa shape index (κ2) is 5.07. The number of rotatable bonds is 4. The van der Waals surface area contributed by atoms with Gasteiger partial charge in [-0.1, -0.05) is 6.07 Å². The minimum atomic E-state index is -0.459. The first-order valence-corrected chi connectivity index (χ1v) is 5.98. The van der Waals surface area contributed by atoms with Gasteiger partial charge in [0.2, 0.25) is 11.9 Å². The number of carbonyl (C=O) groups is 1. The third-order valence-electron chi connectivity index (χ3n) is 2.69. The highest BCUT2D eigenvalue weighted by molar-refractivity contribution is 5.88. The zero-order valence-electron chi connectivity index (χ0n) is 11.0. The summed E-state index contributed by atoms with van der Waals surface area (Å²) >= 11 is 0. The molecular formula is C11H11N7O3. The van der Waals surface area contributed by atoms with E-state index in [1.165, 1.54) is 11.5 Å². The molecule has 0 atom stereocenters. The molecule has 0 unspecified atom stereocenters. The van der Waals surface area contributed by atoms with Crippen molar-refractivity contribution in [1.82, 2.24) is 29.4 Å². The number of carbonyl (C=O) groups excluding carboxylic acids is 1. The Balaban J connectivity index is 1.77. The Bertz CT molecular complexity index is 847. The zero-order valence-corrected chi connectivity index (χ0v) is 11.0. The molecule has 3 aromatic heterocycles. The summed E-state index contributed by atoms with van der Waals surface area (Å²) in [4.78, 5) is 27.7. The summed E-state index contributed by atoms with van der Waals surface area (Å²) in [5.74, 6) is -0.326. The molecule has 10 nitrogen and oxygen atoms in total. The van der Waals surface area contributed by atoms with Crippen LogP contribution in [0.1, 0.15) is 0 Å². The molecule has 0 saturated carbocycles. The van der Waals surface area contributed by atoms with Crippen molar-refractivity contribution in [2.45, 2.75) is 6.54 Å². The van der Waals surface area contributed by atoms with Crippen molar-refractivity contribution >= 4 is 17.5 Å². The molecule has 0 radical (unpaired) electrons. The number of fused-ring (bicyclic) bond motifs is 1. The molecule has 0 aliphatic carbocycles. The summed E-state index contributed by atoms with van der Waals surface area (Å²) in [6, 6.07) is 5.25. The summed E-state index contributed by atoms with van der Waals surface area (Å²) in [6.45, 7) is -0.233. The number of nitrogens with one attached hydrogen (secondary N) is 2. The molecule has 3 heterocycles. The standard InChI is InChI=1S/C11H11N7O3/c1-21-10-13-9(14-15-10)12-8(19)6-18-11(20)17-5-3-2-4-7(17)16-18/h2-5H,6H2,1H3,(H2,12,13,14,15,19). The fraction of sp³-hybridized carbons (Fsp3) is 0.182. The number of ether oxygens (including phenoxy) is 1. The predicted octanol–water partition coefficient (Wildman–Crippen LogP) is -0.739. The predicted molar refractivity (Wildman–Crippen MR) is 71.0 cm³/mol. The Morgan fingerprint density at radius 3 is 3.05 bits per heavy atom. The van der Waals surface area contributed by atoms with Gasteiger partial charge in [-0.15, -0.1) is 10.2 Å².